The fraction of sp³-hybridized carbons (Fsp3) is 0.333. The summed E-state index contributed by atoms with van der Waals surface area (Å²) in [5, 5.41) is 0. The van der Waals surface area contributed by atoms with E-state index in [1.165, 1.54) is 17.2 Å². The average molecular weight is 436 g/mol. The standard InChI is InChI=1S/C27H30FNO3/c1-2-31-26-9-6-21(7-10-26)19-29-12-13-30-14-15-32-27-11-8-25(28)18-24(27)17-22-4-3-5-23(16-22)20-29/h3-11,16,18H,2,12-15,17,19-20H2,1H3. The number of hydrogen-bond donors (Lipinski definition) is 0. The molecule has 168 valence electrons. The number of ether oxygens (including phenoxy) is 3. The van der Waals surface area contributed by atoms with Crippen LogP contribution in [0, 0.1) is 5.82 Å². The Morgan fingerprint density at radius 3 is 2.62 bits per heavy atom. The van der Waals surface area contributed by atoms with Gasteiger partial charge >= 0.3 is 0 Å². The fourth-order valence-corrected chi connectivity index (χ4v) is 3.98. The number of rotatable bonds is 4. The minimum Gasteiger partial charge on any atom is -0.494 e. The molecule has 1 aliphatic rings. The van der Waals surface area contributed by atoms with Crippen LogP contribution in [0.5, 0.6) is 11.5 Å². The summed E-state index contributed by atoms with van der Waals surface area (Å²) in [5.74, 6) is 1.36. The zero-order valence-corrected chi connectivity index (χ0v) is 18.6. The SMILES string of the molecule is CCOc1ccc(CN2CCOCCOc3ccc(F)cc3Cc3cccc(c3)C2)cc1. The van der Waals surface area contributed by atoms with E-state index in [1.807, 2.05) is 19.1 Å². The van der Waals surface area contributed by atoms with Crippen LogP contribution in [0.2, 0.25) is 0 Å². The van der Waals surface area contributed by atoms with Gasteiger partial charge in [-0.05, 0) is 53.9 Å². The molecule has 0 amide bonds. The molecule has 0 saturated heterocycles. The second-order valence-electron chi connectivity index (χ2n) is 8.00. The maximum absolute atomic E-state index is 13.9. The third kappa shape index (κ3) is 6.31. The largest absolute Gasteiger partial charge is 0.494 e. The number of hydrogen-bond acceptors (Lipinski definition) is 4. The smallest absolute Gasteiger partial charge is 0.123 e. The zero-order chi connectivity index (χ0) is 22.2. The van der Waals surface area contributed by atoms with Gasteiger partial charge in [0.25, 0.3) is 0 Å². The first-order valence-corrected chi connectivity index (χ1v) is 11.2. The van der Waals surface area contributed by atoms with Crippen LogP contribution in [-0.4, -0.2) is 37.9 Å². The molecule has 1 aliphatic heterocycles. The van der Waals surface area contributed by atoms with E-state index in [2.05, 4.69) is 41.3 Å². The van der Waals surface area contributed by atoms with E-state index in [0.29, 0.717) is 32.8 Å². The van der Waals surface area contributed by atoms with E-state index in [9.17, 15) is 4.39 Å². The lowest BCUT2D eigenvalue weighted by Crippen LogP contribution is -2.27. The molecule has 0 spiro atoms. The summed E-state index contributed by atoms with van der Waals surface area (Å²) in [6, 6.07) is 21.5. The summed E-state index contributed by atoms with van der Waals surface area (Å²) in [6.07, 6.45) is 0.626. The van der Waals surface area contributed by atoms with Gasteiger partial charge in [-0.15, -0.1) is 0 Å². The summed E-state index contributed by atoms with van der Waals surface area (Å²) in [5.41, 5.74) is 4.46. The molecule has 0 N–H and O–H groups in total. The topological polar surface area (TPSA) is 30.9 Å². The van der Waals surface area contributed by atoms with Crippen molar-refractivity contribution < 1.29 is 18.6 Å². The predicted molar refractivity (Wildman–Crippen MR) is 124 cm³/mol. The third-order valence-corrected chi connectivity index (χ3v) is 5.49. The first-order chi connectivity index (χ1) is 15.7. The van der Waals surface area contributed by atoms with Crippen LogP contribution in [0.1, 0.15) is 29.2 Å². The predicted octanol–water partition coefficient (Wildman–Crippen LogP) is 5.23. The molecule has 5 heteroatoms. The second-order valence-corrected chi connectivity index (χ2v) is 8.00. The Hall–Kier alpha value is -2.89. The summed E-state index contributed by atoms with van der Waals surface area (Å²) < 4.78 is 31.2. The summed E-state index contributed by atoms with van der Waals surface area (Å²) >= 11 is 0. The van der Waals surface area contributed by atoms with Gasteiger partial charge in [0.15, 0.2) is 0 Å². The average Bonchev–Trinajstić information content (AvgIpc) is 2.78. The molecule has 0 fully saturated rings. The van der Waals surface area contributed by atoms with Gasteiger partial charge in [-0.1, -0.05) is 36.4 Å². The quantitative estimate of drug-likeness (QED) is 0.562. The molecule has 0 aliphatic carbocycles. The van der Waals surface area contributed by atoms with Gasteiger partial charge in [0.2, 0.25) is 0 Å². The van der Waals surface area contributed by atoms with Crippen LogP contribution in [0.15, 0.2) is 66.7 Å². The second kappa shape index (κ2) is 11.1. The van der Waals surface area contributed by atoms with Crippen LogP contribution in [0.3, 0.4) is 0 Å². The van der Waals surface area contributed by atoms with Crippen molar-refractivity contribution >= 4 is 0 Å². The Morgan fingerprint density at radius 2 is 1.78 bits per heavy atom. The Bertz CT molecular complexity index is 1010. The van der Waals surface area contributed by atoms with Crippen LogP contribution in [-0.2, 0) is 24.2 Å². The zero-order valence-electron chi connectivity index (χ0n) is 18.6. The molecule has 3 aromatic rings. The van der Waals surface area contributed by atoms with Crippen molar-refractivity contribution in [2.24, 2.45) is 0 Å². The lowest BCUT2D eigenvalue weighted by atomic mass is 10.0. The molecule has 1 heterocycles. The number of fused-ring (bicyclic) bond motifs is 3. The monoisotopic (exact) mass is 435 g/mol. The molecular weight excluding hydrogens is 405 g/mol. The van der Waals surface area contributed by atoms with Gasteiger partial charge in [0, 0.05) is 31.6 Å². The lowest BCUT2D eigenvalue weighted by molar-refractivity contribution is 0.0757. The molecule has 2 bridgehead atoms. The maximum atomic E-state index is 13.9. The van der Waals surface area contributed by atoms with Gasteiger partial charge in [0.1, 0.15) is 23.9 Å². The highest BCUT2D eigenvalue weighted by Gasteiger charge is 2.12. The van der Waals surface area contributed by atoms with E-state index >= 15 is 0 Å². The van der Waals surface area contributed by atoms with E-state index in [0.717, 1.165) is 42.3 Å². The Balaban J connectivity index is 1.53. The number of benzene rings is 3. The van der Waals surface area contributed by atoms with Crippen LogP contribution in [0.25, 0.3) is 0 Å². The third-order valence-electron chi connectivity index (χ3n) is 5.49. The van der Waals surface area contributed by atoms with Gasteiger partial charge < -0.3 is 14.2 Å². The van der Waals surface area contributed by atoms with Crippen molar-refractivity contribution in [1.29, 1.82) is 0 Å². The van der Waals surface area contributed by atoms with E-state index in [-0.39, 0.29) is 5.82 Å². The Morgan fingerprint density at radius 1 is 0.938 bits per heavy atom. The van der Waals surface area contributed by atoms with Gasteiger partial charge in [-0.25, -0.2) is 4.39 Å². The van der Waals surface area contributed by atoms with Crippen molar-refractivity contribution in [3.05, 3.63) is 94.8 Å². The normalized spacial score (nSPS) is 15.3. The minimum atomic E-state index is -0.248. The highest BCUT2D eigenvalue weighted by atomic mass is 19.1. The minimum absolute atomic E-state index is 0.248. The van der Waals surface area contributed by atoms with Crippen molar-refractivity contribution in [3.63, 3.8) is 0 Å². The highest BCUT2D eigenvalue weighted by Crippen LogP contribution is 2.24. The van der Waals surface area contributed by atoms with Crippen LogP contribution >= 0.6 is 0 Å². The summed E-state index contributed by atoms with van der Waals surface area (Å²) in [4.78, 5) is 2.38. The lowest BCUT2D eigenvalue weighted by Gasteiger charge is -2.23. The maximum Gasteiger partial charge on any atom is 0.123 e. The molecule has 3 aromatic carbocycles. The summed E-state index contributed by atoms with van der Waals surface area (Å²) in [6.45, 7) is 6.68. The Labute approximate surface area is 189 Å². The molecule has 4 nitrogen and oxygen atoms in total. The van der Waals surface area contributed by atoms with Gasteiger partial charge in [-0.2, -0.15) is 0 Å². The first kappa shape index (κ1) is 22.3. The van der Waals surface area contributed by atoms with Crippen LogP contribution < -0.4 is 9.47 Å². The van der Waals surface area contributed by atoms with Crippen molar-refractivity contribution in [2.75, 3.05) is 33.0 Å². The van der Waals surface area contributed by atoms with Crippen LogP contribution in [0.4, 0.5) is 4.39 Å². The summed E-state index contributed by atoms with van der Waals surface area (Å²) in [7, 11) is 0. The van der Waals surface area contributed by atoms with Gasteiger partial charge in [-0.3, -0.25) is 4.90 Å². The molecule has 0 saturated carbocycles. The molecule has 0 radical (unpaired) electrons. The van der Waals surface area contributed by atoms with E-state index in [1.54, 1.807) is 12.1 Å². The van der Waals surface area contributed by atoms with Crippen molar-refractivity contribution in [3.8, 4) is 11.5 Å². The molecule has 32 heavy (non-hydrogen) atoms. The molecular formula is C27H30FNO3. The van der Waals surface area contributed by atoms with Crippen molar-refractivity contribution in [2.45, 2.75) is 26.4 Å². The molecule has 0 atom stereocenters. The fourth-order valence-electron chi connectivity index (χ4n) is 3.98. The molecule has 0 unspecified atom stereocenters. The highest BCUT2D eigenvalue weighted by molar-refractivity contribution is 5.39. The molecule has 4 rings (SSSR count). The van der Waals surface area contributed by atoms with E-state index in [4.69, 9.17) is 14.2 Å². The van der Waals surface area contributed by atoms with Crippen molar-refractivity contribution in [1.82, 2.24) is 4.90 Å². The Kier molecular flexibility index (Phi) is 7.75. The number of nitrogens with zero attached hydrogens (tertiary/aromatic N) is 1. The van der Waals surface area contributed by atoms with Gasteiger partial charge in [0.05, 0.1) is 19.8 Å². The number of halogens is 1. The first-order valence-electron chi connectivity index (χ1n) is 11.2. The van der Waals surface area contributed by atoms with E-state index < -0.39 is 0 Å². The molecule has 0 aromatic heterocycles.